The Morgan fingerprint density at radius 1 is 1.33 bits per heavy atom. The molecular formula is C17H15ClN2O4. The summed E-state index contributed by atoms with van der Waals surface area (Å²) in [4.78, 5) is 25.8. The predicted molar refractivity (Wildman–Crippen MR) is 90.9 cm³/mol. The maximum atomic E-state index is 12.4. The summed E-state index contributed by atoms with van der Waals surface area (Å²) in [6.45, 7) is -0.260. The average molecular weight is 347 g/mol. The molecule has 0 unspecified atom stereocenters. The minimum atomic E-state index is -0.347. The number of rotatable bonds is 4. The summed E-state index contributed by atoms with van der Waals surface area (Å²) in [7, 11) is 1.52. The number of carbonyl (C=O) groups is 2. The van der Waals surface area contributed by atoms with Gasteiger partial charge >= 0.3 is 0 Å². The van der Waals surface area contributed by atoms with Gasteiger partial charge in [0.1, 0.15) is 18.0 Å². The first-order valence-electron chi connectivity index (χ1n) is 7.24. The lowest BCUT2D eigenvalue weighted by Crippen LogP contribution is -2.43. The molecule has 7 heteroatoms. The highest BCUT2D eigenvalue weighted by atomic mass is 35.5. The third kappa shape index (κ3) is 3.28. The van der Waals surface area contributed by atoms with Crippen molar-refractivity contribution in [3.63, 3.8) is 0 Å². The second-order valence-electron chi connectivity index (χ2n) is 5.13. The van der Waals surface area contributed by atoms with E-state index in [4.69, 9.17) is 21.1 Å². The predicted octanol–water partition coefficient (Wildman–Crippen LogP) is 2.71. The Morgan fingerprint density at radius 2 is 2.12 bits per heavy atom. The highest BCUT2D eigenvalue weighted by Crippen LogP contribution is 2.34. The molecule has 0 bridgehead atoms. The maximum Gasteiger partial charge on any atom is 0.265 e. The van der Waals surface area contributed by atoms with Gasteiger partial charge in [-0.25, -0.2) is 0 Å². The Labute approximate surface area is 143 Å². The van der Waals surface area contributed by atoms with Gasteiger partial charge in [-0.2, -0.15) is 0 Å². The van der Waals surface area contributed by atoms with Gasteiger partial charge in [-0.05, 0) is 30.3 Å². The van der Waals surface area contributed by atoms with E-state index in [1.165, 1.54) is 12.0 Å². The highest BCUT2D eigenvalue weighted by molar-refractivity contribution is 6.31. The molecule has 0 fully saturated rings. The molecule has 1 aliphatic heterocycles. The summed E-state index contributed by atoms with van der Waals surface area (Å²) in [6, 6.07) is 12.0. The van der Waals surface area contributed by atoms with E-state index in [1.54, 1.807) is 42.5 Å². The number of nitrogens with zero attached hydrogens (tertiary/aromatic N) is 1. The number of ether oxygens (including phenoxy) is 2. The van der Waals surface area contributed by atoms with Crippen LogP contribution in [0.15, 0.2) is 42.5 Å². The summed E-state index contributed by atoms with van der Waals surface area (Å²) >= 11 is 5.98. The van der Waals surface area contributed by atoms with Crippen molar-refractivity contribution in [2.24, 2.45) is 0 Å². The molecule has 6 nitrogen and oxygen atoms in total. The zero-order chi connectivity index (χ0) is 17.1. The van der Waals surface area contributed by atoms with Gasteiger partial charge in [-0.3, -0.25) is 14.5 Å². The molecule has 2 amide bonds. The molecule has 0 atom stereocenters. The van der Waals surface area contributed by atoms with Gasteiger partial charge in [0.05, 0.1) is 18.5 Å². The first kappa shape index (κ1) is 16.1. The monoisotopic (exact) mass is 346 g/mol. The number of carbonyl (C=O) groups excluding carboxylic acids is 2. The third-order valence-corrected chi connectivity index (χ3v) is 3.78. The number of halogens is 1. The summed E-state index contributed by atoms with van der Waals surface area (Å²) < 4.78 is 10.6. The summed E-state index contributed by atoms with van der Waals surface area (Å²) in [5.74, 6) is 0.410. The molecule has 0 saturated heterocycles. The number of hydrogen-bond acceptors (Lipinski definition) is 4. The van der Waals surface area contributed by atoms with Gasteiger partial charge in [0, 0.05) is 5.02 Å². The van der Waals surface area contributed by atoms with Crippen LogP contribution in [-0.2, 0) is 9.59 Å². The Kier molecular flexibility index (Phi) is 4.57. The molecule has 1 N–H and O–H groups in total. The van der Waals surface area contributed by atoms with Crippen LogP contribution >= 0.6 is 11.6 Å². The second kappa shape index (κ2) is 6.80. The van der Waals surface area contributed by atoms with Gasteiger partial charge in [0.2, 0.25) is 5.91 Å². The van der Waals surface area contributed by atoms with E-state index >= 15 is 0 Å². The van der Waals surface area contributed by atoms with E-state index in [-0.39, 0.29) is 25.0 Å². The van der Waals surface area contributed by atoms with Crippen LogP contribution in [0.3, 0.4) is 0 Å². The fourth-order valence-corrected chi connectivity index (χ4v) is 2.60. The molecule has 124 valence electrons. The fourth-order valence-electron chi connectivity index (χ4n) is 2.43. The van der Waals surface area contributed by atoms with Crippen LogP contribution in [0.25, 0.3) is 0 Å². The van der Waals surface area contributed by atoms with Crippen LogP contribution in [0, 0.1) is 0 Å². The van der Waals surface area contributed by atoms with Crippen molar-refractivity contribution in [3.8, 4) is 11.5 Å². The number of amides is 2. The molecule has 1 heterocycles. The quantitative estimate of drug-likeness (QED) is 0.924. The molecule has 0 radical (unpaired) electrons. The third-order valence-electron chi connectivity index (χ3n) is 3.55. The van der Waals surface area contributed by atoms with Crippen molar-refractivity contribution >= 4 is 34.8 Å². The van der Waals surface area contributed by atoms with Crippen LogP contribution < -0.4 is 19.7 Å². The largest absolute Gasteiger partial charge is 0.495 e. The van der Waals surface area contributed by atoms with Crippen molar-refractivity contribution < 1.29 is 19.1 Å². The van der Waals surface area contributed by atoms with E-state index in [2.05, 4.69) is 5.32 Å². The topological polar surface area (TPSA) is 67.9 Å². The normalized spacial score (nSPS) is 13.1. The van der Waals surface area contributed by atoms with Gasteiger partial charge in [0.15, 0.2) is 6.61 Å². The number of methoxy groups -OCH3 is 1. The summed E-state index contributed by atoms with van der Waals surface area (Å²) in [6.07, 6.45) is 0. The number of anilines is 2. The Hall–Kier alpha value is -2.73. The van der Waals surface area contributed by atoms with Crippen molar-refractivity contribution in [3.05, 3.63) is 47.5 Å². The molecule has 24 heavy (non-hydrogen) atoms. The van der Waals surface area contributed by atoms with Gasteiger partial charge < -0.3 is 14.8 Å². The lowest BCUT2D eigenvalue weighted by atomic mass is 10.2. The number of nitrogens with one attached hydrogen (secondary N) is 1. The first-order valence-corrected chi connectivity index (χ1v) is 7.62. The Morgan fingerprint density at radius 3 is 2.92 bits per heavy atom. The van der Waals surface area contributed by atoms with Crippen LogP contribution in [0.1, 0.15) is 0 Å². The standard InChI is InChI=1S/C17H15ClN2O4/c1-23-14-5-3-2-4-12(14)19-16(21)9-20-13-8-11(18)6-7-15(13)24-10-17(20)22/h2-8H,9-10H2,1H3,(H,19,21). The van der Waals surface area contributed by atoms with Gasteiger partial charge in [0.25, 0.3) is 5.91 Å². The van der Waals surface area contributed by atoms with Crippen LogP contribution in [0.5, 0.6) is 11.5 Å². The lowest BCUT2D eigenvalue weighted by molar-refractivity contribution is -0.123. The highest BCUT2D eigenvalue weighted by Gasteiger charge is 2.27. The van der Waals surface area contributed by atoms with E-state index in [0.29, 0.717) is 27.9 Å². The number of para-hydroxylation sites is 2. The van der Waals surface area contributed by atoms with Gasteiger partial charge in [-0.15, -0.1) is 0 Å². The SMILES string of the molecule is COc1ccccc1NC(=O)CN1C(=O)COc2ccc(Cl)cc21. The lowest BCUT2D eigenvalue weighted by Gasteiger charge is -2.29. The fraction of sp³-hybridized carbons (Fsp3) is 0.176. The molecule has 1 aliphatic rings. The molecule has 3 rings (SSSR count). The van der Waals surface area contributed by atoms with E-state index in [9.17, 15) is 9.59 Å². The van der Waals surface area contributed by atoms with E-state index < -0.39 is 0 Å². The minimum absolute atomic E-state index is 0.115. The average Bonchev–Trinajstić information content (AvgIpc) is 2.58. The molecule has 2 aromatic rings. The first-order chi connectivity index (χ1) is 11.6. The zero-order valence-corrected chi connectivity index (χ0v) is 13.7. The van der Waals surface area contributed by atoms with E-state index in [0.717, 1.165) is 0 Å². The van der Waals surface area contributed by atoms with Crippen LogP contribution in [0.2, 0.25) is 5.02 Å². The van der Waals surface area contributed by atoms with Crippen molar-refractivity contribution in [2.45, 2.75) is 0 Å². The molecule has 2 aromatic carbocycles. The molecular weight excluding hydrogens is 332 g/mol. The summed E-state index contributed by atoms with van der Waals surface area (Å²) in [5, 5.41) is 3.20. The van der Waals surface area contributed by atoms with Crippen LogP contribution in [0.4, 0.5) is 11.4 Å². The molecule has 0 saturated carbocycles. The number of benzene rings is 2. The smallest absolute Gasteiger partial charge is 0.265 e. The molecule has 0 spiro atoms. The molecule has 0 aliphatic carbocycles. The zero-order valence-electron chi connectivity index (χ0n) is 12.9. The minimum Gasteiger partial charge on any atom is -0.495 e. The maximum absolute atomic E-state index is 12.4. The van der Waals surface area contributed by atoms with Crippen molar-refractivity contribution in [1.82, 2.24) is 0 Å². The van der Waals surface area contributed by atoms with Crippen LogP contribution in [-0.4, -0.2) is 32.1 Å². The van der Waals surface area contributed by atoms with Crippen molar-refractivity contribution in [1.29, 1.82) is 0 Å². The second-order valence-corrected chi connectivity index (χ2v) is 5.57. The molecule has 0 aromatic heterocycles. The Bertz CT molecular complexity index is 794. The number of fused-ring (bicyclic) bond motifs is 1. The van der Waals surface area contributed by atoms with E-state index in [1.807, 2.05) is 0 Å². The van der Waals surface area contributed by atoms with Crippen molar-refractivity contribution in [2.75, 3.05) is 30.5 Å². The van der Waals surface area contributed by atoms with Gasteiger partial charge in [-0.1, -0.05) is 23.7 Å². The number of hydrogen-bond donors (Lipinski definition) is 1. The Balaban J connectivity index is 1.79. The summed E-state index contributed by atoms with van der Waals surface area (Å²) in [5.41, 5.74) is 1.02.